The maximum atomic E-state index is 13.1. The molecule has 0 saturated carbocycles. The van der Waals surface area contributed by atoms with Crippen molar-refractivity contribution in [2.24, 2.45) is 0 Å². The Labute approximate surface area is 369 Å². The molecule has 0 amide bonds. The molecular formula is C52H90O7S. The molecule has 1 aromatic carbocycles. The number of allylic oxidation sites excluding steroid dienone is 2. The van der Waals surface area contributed by atoms with Crippen LogP contribution in [0, 0.1) is 0 Å². The van der Waals surface area contributed by atoms with Crippen LogP contribution >= 0.6 is 0 Å². The lowest BCUT2D eigenvalue weighted by Gasteiger charge is -2.13. The van der Waals surface area contributed by atoms with Crippen LogP contribution in [0.1, 0.15) is 265 Å². The first-order valence-corrected chi connectivity index (χ1v) is 26.4. The number of hydrogen-bond donors (Lipinski definition) is 1. The molecule has 0 unspecified atom stereocenters. The number of carbonyl (C=O) groups excluding carboxylic acids is 2. The summed E-state index contributed by atoms with van der Waals surface area (Å²) in [7, 11) is -4.77. The van der Waals surface area contributed by atoms with Gasteiger partial charge in [0.1, 0.15) is 4.90 Å². The van der Waals surface area contributed by atoms with Crippen LogP contribution in [-0.4, -0.2) is 38.1 Å². The number of esters is 2. The molecular weight excluding hydrogens is 769 g/mol. The summed E-state index contributed by atoms with van der Waals surface area (Å²) in [6.07, 6.45) is 51.3. The maximum Gasteiger partial charge on any atom is 0.340 e. The first-order valence-electron chi connectivity index (χ1n) is 25.0. The Morgan fingerprint density at radius 1 is 0.433 bits per heavy atom. The minimum absolute atomic E-state index is 0.112. The van der Waals surface area contributed by atoms with Gasteiger partial charge in [-0.15, -0.1) is 13.2 Å². The van der Waals surface area contributed by atoms with E-state index in [-0.39, 0.29) is 18.8 Å². The molecule has 60 heavy (non-hydrogen) atoms. The summed E-state index contributed by atoms with van der Waals surface area (Å²) in [6.45, 7) is 7.87. The first kappa shape index (κ1) is 55.6. The van der Waals surface area contributed by atoms with E-state index in [1.807, 2.05) is 12.2 Å². The zero-order chi connectivity index (χ0) is 43.6. The van der Waals surface area contributed by atoms with Crippen LogP contribution < -0.4 is 0 Å². The smallest absolute Gasteiger partial charge is 0.340 e. The normalized spacial score (nSPS) is 11.5. The highest BCUT2D eigenvalue weighted by molar-refractivity contribution is 7.86. The summed E-state index contributed by atoms with van der Waals surface area (Å²) >= 11 is 0. The van der Waals surface area contributed by atoms with Gasteiger partial charge in [-0.3, -0.25) is 4.55 Å². The highest BCUT2D eigenvalue weighted by atomic mass is 32.2. The monoisotopic (exact) mass is 859 g/mol. The molecule has 0 atom stereocenters. The highest BCUT2D eigenvalue weighted by Crippen LogP contribution is 2.23. The zero-order valence-corrected chi connectivity index (χ0v) is 39.2. The Balaban J connectivity index is 2.13. The lowest BCUT2D eigenvalue weighted by molar-refractivity contribution is 0.0446. The molecule has 0 aliphatic carbocycles. The van der Waals surface area contributed by atoms with Crippen molar-refractivity contribution in [1.29, 1.82) is 0 Å². The van der Waals surface area contributed by atoms with Gasteiger partial charge in [0.25, 0.3) is 10.1 Å². The Bertz CT molecular complexity index is 1310. The minimum Gasteiger partial charge on any atom is -0.462 e. The SMILES string of the molecule is C=CCCCCCCCCCCCCCCCCCCCCOC(=O)c1cccc(S(=O)(=O)O)c1C(=O)OCCCCCCCCCCCCCCCCCCCCC=C. The van der Waals surface area contributed by atoms with Crippen molar-refractivity contribution >= 4 is 22.1 Å². The largest absolute Gasteiger partial charge is 0.462 e. The molecule has 0 saturated heterocycles. The summed E-state index contributed by atoms with van der Waals surface area (Å²) in [5, 5.41) is 0. The average Bonchev–Trinajstić information content (AvgIpc) is 3.24. The summed E-state index contributed by atoms with van der Waals surface area (Å²) < 4.78 is 45.0. The molecule has 0 aliphatic heterocycles. The molecule has 0 bridgehead atoms. The van der Waals surface area contributed by atoms with Crippen LogP contribution in [0.15, 0.2) is 48.4 Å². The molecule has 0 heterocycles. The zero-order valence-electron chi connectivity index (χ0n) is 38.4. The van der Waals surface area contributed by atoms with Crippen LogP contribution in [0.2, 0.25) is 0 Å². The van der Waals surface area contributed by atoms with Crippen LogP contribution in [-0.2, 0) is 19.6 Å². The molecule has 1 aromatic rings. The second-order valence-electron chi connectivity index (χ2n) is 17.3. The van der Waals surface area contributed by atoms with Gasteiger partial charge in [-0.2, -0.15) is 8.42 Å². The van der Waals surface area contributed by atoms with Crippen molar-refractivity contribution in [1.82, 2.24) is 0 Å². The predicted molar refractivity (Wildman–Crippen MR) is 253 cm³/mol. The van der Waals surface area contributed by atoms with Gasteiger partial charge >= 0.3 is 11.9 Å². The Morgan fingerprint density at radius 2 is 0.700 bits per heavy atom. The molecule has 0 spiro atoms. The fourth-order valence-corrected chi connectivity index (χ4v) is 8.75. The Hall–Kier alpha value is -2.45. The summed E-state index contributed by atoms with van der Waals surface area (Å²) in [4.78, 5) is 25.5. The summed E-state index contributed by atoms with van der Waals surface area (Å²) in [5.74, 6) is -1.74. The second kappa shape index (κ2) is 40.6. The molecule has 7 nitrogen and oxygen atoms in total. The van der Waals surface area contributed by atoms with Crippen molar-refractivity contribution in [3.63, 3.8) is 0 Å². The van der Waals surface area contributed by atoms with Crippen molar-refractivity contribution < 1.29 is 32.0 Å². The van der Waals surface area contributed by atoms with E-state index in [2.05, 4.69) is 13.2 Å². The minimum atomic E-state index is -4.77. The van der Waals surface area contributed by atoms with Crippen molar-refractivity contribution in [2.45, 2.75) is 249 Å². The third-order valence-electron chi connectivity index (χ3n) is 11.8. The van der Waals surface area contributed by atoms with E-state index < -0.39 is 32.5 Å². The van der Waals surface area contributed by atoms with E-state index in [1.54, 1.807) is 0 Å². The van der Waals surface area contributed by atoms with Crippen molar-refractivity contribution in [3.05, 3.63) is 54.6 Å². The van der Waals surface area contributed by atoms with Gasteiger partial charge < -0.3 is 9.47 Å². The number of benzene rings is 1. The lowest BCUT2D eigenvalue weighted by atomic mass is 10.0. The number of carbonyl (C=O) groups is 2. The van der Waals surface area contributed by atoms with Gasteiger partial charge in [-0.1, -0.05) is 224 Å². The maximum absolute atomic E-state index is 13.1. The summed E-state index contributed by atoms with van der Waals surface area (Å²) in [6, 6.07) is 3.77. The van der Waals surface area contributed by atoms with E-state index in [0.29, 0.717) is 12.8 Å². The first-order chi connectivity index (χ1) is 29.3. The van der Waals surface area contributed by atoms with Crippen LogP contribution in [0.5, 0.6) is 0 Å². The number of hydrogen-bond acceptors (Lipinski definition) is 6. The van der Waals surface area contributed by atoms with E-state index >= 15 is 0 Å². The molecule has 1 N–H and O–H groups in total. The van der Waals surface area contributed by atoms with Gasteiger partial charge in [0.15, 0.2) is 0 Å². The lowest BCUT2D eigenvalue weighted by Crippen LogP contribution is -2.19. The summed E-state index contributed by atoms with van der Waals surface area (Å²) in [5.41, 5.74) is -0.668. The second-order valence-corrected chi connectivity index (χ2v) is 18.7. The highest BCUT2D eigenvalue weighted by Gasteiger charge is 2.28. The standard InChI is InChI=1S/C52H90O7S/c1-3-5-7-9-11-13-15-17-19-21-23-25-27-29-31-33-35-37-39-41-46-58-51(53)48-44-43-45-49(60(55,56)57)50(48)52(54)59-47-42-40-38-36-34-32-30-28-26-24-22-20-18-16-14-12-10-8-6-4-2/h3-4,43-45H,1-2,5-42,46-47H2,(H,55,56,57). The van der Waals surface area contributed by atoms with Gasteiger partial charge in [0.05, 0.1) is 24.3 Å². The number of ether oxygens (including phenoxy) is 2. The van der Waals surface area contributed by atoms with Gasteiger partial charge in [-0.25, -0.2) is 9.59 Å². The van der Waals surface area contributed by atoms with Gasteiger partial charge in [0, 0.05) is 0 Å². The average molecular weight is 859 g/mol. The third-order valence-corrected chi connectivity index (χ3v) is 12.7. The van der Waals surface area contributed by atoms with Crippen LogP contribution in [0.3, 0.4) is 0 Å². The topological polar surface area (TPSA) is 107 Å². The van der Waals surface area contributed by atoms with E-state index in [0.717, 1.165) is 57.4 Å². The molecule has 346 valence electrons. The Morgan fingerprint density at radius 3 is 0.983 bits per heavy atom. The van der Waals surface area contributed by atoms with Crippen LogP contribution in [0.25, 0.3) is 0 Å². The molecule has 0 aliphatic rings. The molecule has 1 rings (SSSR count). The quantitative estimate of drug-likeness (QED) is 0.0301. The molecule has 8 heteroatoms. The molecule has 0 aromatic heterocycles. The number of rotatable bonds is 45. The third kappa shape index (κ3) is 32.3. The molecule has 0 fully saturated rings. The van der Waals surface area contributed by atoms with E-state index in [9.17, 15) is 22.6 Å². The Kier molecular flexibility index (Phi) is 37.6. The molecule has 0 radical (unpaired) electrons. The fourth-order valence-electron chi connectivity index (χ4n) is 8.04. The van der Waals surface area contributed by atoms with Gasteiger partial charge in [0.2, 0.25) is 0 Å². The van der Waals surface area contributed by atoms with Crippen molar-refractivity contribution in [2.75, 3.05) is 13.2 Å². The number of unbranched alkanes of at least 4 members (excludes halogenated alkanes) is 36. The fraction of sp³-hybridized carbons (Fsp3) is 0.769. The van der Waals surface area contributed by atoms with Crippen molar-refractivity contribution in [3.8, 4) is 0 Å². The van der Waals surface area contributed by atoms with Crippen LogP contribution in [0.4, 0.5) is 0 Å². The van der Waals surface area contributed by atoms with E-state index in [4.69, 9.17) is 9.47 Å². The predicted octanol–water partition coefficient (Wildman–Crippen LogP) is 16.4. The van der Waals surface area contributed by atoms with Gasteiger partial charge in [-0.05, 0) is 50.7 Å². The van der Waals surface area contributed by atoms with E-state index in [1.165, 1.54) is 192 Å².